The van der Waals surface area contributed by atoms with Gasteiger partial charge in [0, 0.05) is 13.7 Å². The third kappa shape index (κ3) is 13.1. The van der Waals surface area contributed by atoms with E-state index in [1.54, 1.807) is 7.11 Å². The van der Waals surface area contributed by atoms with Crippen LogP contribution in [-0.2, 0) is 23.8 Å². The van der Waals surface area contributed by atoms with E-state index in [9.17, 15) is 9.59 Å². The first-order valence-corrected chi connectivity index (χ1v) is 12.8. The van der Waals surface area contributed by atoms with Gasteiger partial charge in [-0.1, -0.05) is 85.5 Å². The zero-order chi connectivity index (χ0) is 23.4. The van der Waals surface area contributed by atoms with Crippen molar-refractivity contribution in [2.75, 3.05) is 26.9 Å². The second kappa shape index (κ2) is 19.6. The van der Waals surface area contributed by atoms with Crippen molar-refractivity contribution in [3.63, 3.8) is 0 Å². The van der Waals surface area contributed by atoms with Gasteiger partial charge in [0.1, 0.15) is 0 Å². The minimum Gasteiger partial charge on any atom is -0.465 e. The topological polar surface area (TPSA) is 61.8 Å². The van der Waals surface area contributed by atoms with E-state index >= 15 is 0 Å². The van der Waals surface area contributed by atoms with Crippen LogP contribution in [0.4, 0.5) is 0 Å². The van der Waals surface area contributed by atoms with E-state index in [0.29, 0.717) is 38.6 Å². The van der Waals surface area contributed by atoms with Crippen LogP contribution in [0, 0.1) is 11.3 Å². The summed E-state index contributed by atoms with van der Waals surface area (Å²) in [6.07, 6.45) is 14.9. The molecule has 0 aromatic carbocycles. The van der Waals surface area contributed by atoms with E-state index in [1.807, 2.05) is 13.8 Å². The summed E-state index contributed by atoms with van der Waals surface area (Å²) < 4.78 is 16.1. The van der Waals surface area contributed by atoms with Crippen LogP contribution in [0.1, 0.15) is 118 Å². The van der Waals surface area contributed by atoms with E-state index in [-0.39, 0.29) is 0 Å². The van der Waals surface area contributed by atoms with Gasteiger partial charge in [-0.2, -0.15) is 0 Å². The molecular weight excluding hydrogens is 392 g/mol. The average Bonchev–Trinajstić information content (AvgIpc) is 2.77. The van der Waals surface area contributed by atoms with Crippen molar-refractivity contribution in [3.05, 3.63) is 0 Å². The van der Waals surface area contributed by atoms with E-state index in [4.69, 9.17) is 14.2 Å². The summed E-state index contributed by atoms with van der Waals surface area (Å²) in [7, 11) is 1.69. The summed E-state index contributed by atoms with van der Waals surface area (Å²) in [5.41, 5.74) is -1.17. The van der Waals surface area contributed by atoms with E-state index < -0.39 is 17.4 Å². The van der Waals surface area contributed by atoms with Gasteiger partial charge >= 0.3 is 11.9 Å². The molecule has 0 saturated heterocycles. The van der Waals surface area contributed by atoms with Crippen LogP contribution < -0.4 is 0 Å². The molecule has 0 aromatic heterocycles. The summed E-state index contributed by atoms with van der Waals surface area (Å²) >= 11 is 0. The predicted octanol–water partition coefficient (Wildman–Crippen LogP) is 6.86. The second-order valence-electron chi connectivity index (χ2n) is 8.92. The van der Waals surface area contributed by atoms with E-state index in [0.717, 1.165) is 25.7 Å². The summed E-state index contributed by atoms with van der Waals surface area (Å²) in [5.74, 6) is -0.455. The molecule has 0 aliphatic carbocycles. The Morgan fingerprint density at radius 1 is 0.677 bits per heavy atom. The van der Waals surface area contributed by atoms with Crippen molar-refractivity contribution < 1.29 is 23.8 Å². The molecule has 0 saturated carbocycles. The molecule has 0 radical (unpaired) electrons. The first kappa shape index (κ1) is 29.9. The minimum atomic E-state index is -1.17. The minimum absolute atomic E-state index is 0.331. The lowest BCUT2D eigenvalue weighted by molar-refractivity contribution is -0.173. The predicted molar refractivity (Wildman–Crippen MR) is 127 cm³/mol. The number of esters is 2. The van der Waals surface area contributed by atoms with Crippen molar-refractivity contribution in [3.8, 4) is 0 Å². The van der Waals surface area contributed by atoms with Gasteiger partial charge in [-0.05, 0) is 38.0 Å². The molecule has 5 heteroatoms. The molecule has 5 nitrogen and oxygen atoms in total. The smallest absolute Gasteiger partial charge is 0.323 e. The lowest BCUT2D eigenvalue weighted by Gasteiger charge is -2.27. The maximum atomic E-state index is 12.7. The van der Waals surface area contributed by atoms with Crippen molar-refractivity contribution in [1.29, 1.82) is 0 Å². The number of unbranched alkanes of at least 4 members (excludes halogenated alkanes) is 9. The van der Waals surface area contributed by atoms with Gasteiger partial charge in [0.15, 0.2) is 5.41 Å². The van der Waals surface area contributed by atoms with Crippen LogP contribution in [-0.4, -0.2) is 38.9 Å². The molecular formula is C26H50O5. The van der Waals surface area contributed by atoms with Crippen LogP contribution in [0.25, 0.3) is 0 Å². The SMILES string of the molecule is CCCCCCCCCCCCOC(=O)C(CC)(CC)C(=O)OCCC(C)CCOC. The van der Waals surface area contributed by atoms with Crippen LogP contribution in [0.5, 0.6) is 0 Å². The van der Waals surface area contributed by atoms with Gasteiger partial charge in [0.25, 0.3) is 0 Å². The maximum absolute atomic E-state index is 12.7. The molecule has 0 aliphatic rings. The van der Waals surface area contributed by atoms with Gasteiger partial charge < -0.3 is 14.2 Å². The lowest BCUT2D eigenvalue weighted by Crippen LogP contribution is -2.41. The summed E-state index contributed by atoms with van der Waals surface area (Å²) in [6.45, 7) is 9.48. The van der Waals surface area contributed by atoms with Crippen LogP contribution in [0.2, 0.25) is 0 Å². The molecule has 0 N–H and O–H groups in total. The van der Waals surface area contributed by atoms with Crippen LogP contribution >= 0.6 is 0 Å². The number of methoxy groups -OCH3 is 1. The fourth-order valence-corrected chi connectivity index (χ4v) is 3.76. The van der Waals surface area contributed by atoms with Crippen molar-refractivity contribution in [1.82, 2.24) is 0 Å². The lowest BCUT2D eigenvalue weighted by atomic mass is 9.82. The van der Waals surface area contributed by atoms with Gasteiger partial charge in [0.2, 0.25) is 0 Å². The Balaban J connectivity index is 4.14. The molecule has 0 spiro atoms. The standard InChI is InChI=1S/C26H50O5/c1-6-9-10-11-12-13-14-15-16-17-20-30-24(27)26(7-2,8-3)25(28)31-22-19-23(4)18-21-29-5/h23H,6-22H2,1-5H3. The van der Waals surface area contributed by atoms with Gasteiger partial charge in [-0.15, -0.1) is 0 Å². The number of hydrogen-bond donors (Lipinski definition) is 0. The van der Waals surface area contributed by atoms with E-state index in [1.165, 1.54) is 51.4 Å². The van der Waals surface area contributed by atoms with Crippen LogP contribution in [0.15, 0.2) is 0 Å². The van der Waals surface area contributed by atoms with Crippen molar-refractivity contribution in [2.24, 2.45) is 11.3 Å². The molecule has 0 amide bonds. The molecule has 0 heterocycles. The third-order valence-corrected chi connectivity index (χ3v) is 6.38. The maximum Gasteiger partial charge on any atom is 0.323 e. The first-order valence-electron chi connectivity index (χ1n) is 12.8. The fourth-order valence-electron chi connectivity index (χ4n) is 3.76. The Hall–Kier alpha value is -1.10. The Bertz CT molecular complexity index is 445. The molecule has 1 unspecified atom stereocenters. The number of carbonyl (C=O) groups is 2. The normalized spacial score (nSPS) is 12.5. The second-order valence-corrected chi connectivity index (χ2v) is 8.92. The Kier molecular flexibility index (Phi) is 18.9. The average molecular weight is 443 g/mol. The molecule has 1 atom stereocenters. The van der Waals surface area contributed by atoms with Gasteiger partial charge in [-0.3, -0.25) is 9.59 Å². The number of ether oxygens (including phenoxy) is 3. The molecule has 0 rings (SSSR count). The largest absolute Gasteiger partial charge is 0.465 e. The highest BCUT2D eigenvalue weighted by Gasteiger charge is 2.45. The monoisotopic (exact) mass is 442 g/mol. The number of hydrogen-bond acceptors (Lipinski definition) is 5. The van der Waals surface area contributed by atoms with E-state index in [2.05, 4.69) is 13.8 Å². The highest BCUT2D eigenvalue weighted by Crippen LogP contribution is 2.30. The van der Waals surface area contributed by atoms with Gasteiger partial charge in [0.05, 0.1) is 13.2 Å². The molecule has 0 aliphatic heterocycles. The highest BCUT2D eigenvalue weighted by molar-refractivity contribution is 5.99. The van der Waals surface area contributed by atoms with Gasteiger partial charge in [-0.25, -0.2) is 0 Å². The summed E-state index contributed by atoms with van der Waals surface area (Å²) in [4.78, 5) is 25.4. The molecule has 0 fully saturated rings. The van der Waals surface area contributed by atoms with Crippen molar-refractivity contribution in [2.45, 2.75) is 118 Å². The summed E-state index contributed by atoms with van der Waals surface area (Å²) in [5, 5.41) is 0. The zero-order valence-corrected chi connectivity index (χ0v) is 21.1. The van der Waals surface area contributed by atoms with Crippen LogP contribution in [0.3, 0.4) is 0 Å². The molecule has 0 bridgehead atoms. The fraction of sp³-hybridized carbons (Fsp3) is 0.923. The Morgan fingerprint density at radius 2 is 1.13 bits per heavy atom. The Labute approximate surface area is 192 Å². The number of carbonyl (C=O) groups excluding carboxylic acids is 2. The zero-order valence-electron chi connectivity index (χ0n) is 21.1. The quantitative estimate of drug-likeness (QED) is 0.110. The molecule has 184 valence electrons. The highest BCUT2D eigenvalue weighted by atomic mass is 16.6. The van der Waals surface area contributed by atoms with Crippen molar-refractivity contribution >= 4 is 11.9 Å². The molecule has 0 aromatic rings. The first-order chi connectivity index (χ1) is 15.0. The molecule has 31 heavy (non-hydrogen) atoms. The third-order valence-electron chi connectivity index (χ3n) is 6.38. The summed E-state index contributed by atoms with van der Waals surface area (Å²) in [6, 6.07) is 0. The number of rotatable bonds is 21. The Morgan fingerprint density at radius 3 is 1.61 bits per heavy atom.